The van der Waals surface area contributed by atoms with Crippen molar-refractivity contribution in [3.05, 3.63) is 40.9 Å². The molecule has 3 nitrogen and oxygen atoms in total. The van der Waals surface area contributed by atoms with Crippen LogP contribution in [0.1, 0.15) is 24.4 Å². The second-order valence-corrected chi connectivity index (χ2v) is 5.15. The fraction of sp³-hybridized carbons (Fsp3) is 0.385. The Morgan fingerprint density at radius 3 is 2.65 bits per heavy atom. The van der Waals surface area contributed by atoms with Crippen LogP contribution in [-0.2, 0) is 12.8 Å². The molecule has 0 saturated carbocycles. The Labute approximate surface area is 106 Å². The second-order valence-electron chi connectivity index (χ2n) is 4.09. The molecule has 4 heteroatoms. The first-order valence-corrected chi connectivity index (χ1v) is 6.72. The van der Waals surface area contributed by atoms with Crippen molar-refractivity contribution < 1.29 is 0 Å². The van der Waals surface area contributed by atoms with Gasteiger partial charge in [0.15, 0.2) is 0 Å². The number of anilines is 1. The molecule has 90 valence electrons. The maximum atomic E-state index is 4.13. The molecule has 1 N–H and O–H groups in total. The van der Waals surface area contributed by atoms with Crippen molar-refractivity contribution in [3.63, 3.8) is 0 Å². The third-order valence-electron chi connectivity index (χ3n) is 2.52. The molecular formula is C13H17N3S. The van der Waals surface area contributed by atoms with E-state index in [4.69, 9.17) is 0 Å². The van der Waals surface area contributed by atoms with Gasteiger partial charge in [-0.15, -0.1) is 10.2 Å². The summed E-state index contributed by atoms with van der Waals surface area (Å²) in [6.45, 7) is 4.26. The summed E-state index contributed by atoms with van der Waals surface area (Å²) in [5, 5.41) is 13.6. The zero-order valence-electron chi connectivity index (χ0n) is 10.2. The molecule has 1 aromatic carbocycles. The van der Waals surface area contributed by atoms with Crippen LogP contribution in [0.2, 0.25) is 0 Å². The van der Waals surface area contributed by atoms with Gasteiger partial charge in [0.1, 0.15) is 5.01 Å². The average molecular weight is 247 g/mol. The lowest BCUT2D eigenvalue weighted by atomic mass is 10.1. The van der Waals surface area contributed by atoms with E-state index in [0.29, 0.717) is 6.04 Å². The van der Waals surface area contributed by atoms with E-state index in [-0.39, 0.29) is 0 Å². The fourth-order valence-corrected chi connectivity index (χ4v) is 2.48. The first kappa shape index (κ1) is 12.0. The molecule has 2 rings (SSSR count). The van der Waals surface area contributed by atoms with E-state index in [1.807, 2.05) is 6.07 Å². The van der Waals surface area contributed by atoms with Crippen molar-refractivity contribution in [3.8, 4) is 0 Å². The highest BCUT2D eigenvalue weighted by Gasteiger charge is 2.07. The minimum Gasteiger partial charge on any atom is -0.357 e. The van der Waals surface area contributed by atoms with E-state index in [1.54, 1.807) is 11.3 Å². The summed E-state index contributed by atoms with van der Waals surface area (Å²) in [7, 11) is 0. The number of nitrogens with one attached hydrogen (secondary N) is 1. The highest BCUT2D eigenvalue weighted by molar-refractivity contribution is 7.15. The molecular weight excluding hydrogens is 230 g/mol. The first-order chi connectivity index (χ1) is 8.28. The van der Waals surface area contributed by atoms with Gasteiger partial charge in [-0.2, -0.15) is 0 Å². The number of rotatable bonds is 5. The van der Waals surface area contributed by atoms with Gasteiger partial charge in [-0.3, -0.25) is 0 Å². The highest BCUT2D eigenvalue weighted by Crippen LogP contribution is 2.17. The molecule has 17 heavy (non-hydrogen) atoms. The summed E-state index contributed by atoms with van der Waals surface area (Å²) < 4.78 is 0. The Kier molecular flexibility index (Phi) is 4.09. The molecule has 0 fully saturated rings. The van der Waals surface area contributed by atoms with Gasteiger partial charge in [0.05, 0.1) is 0 Å². The third-order valence-corrected chi connectivity index (χ3v) is 3.52. The number of benzene rings is 1. The maximum absolute atomic E-state index is 4.13. The van der Waals surface area contributed by atoms with Crippen molar-refractivity contribution in [1.29, 1.82) is 0 Å². The van der Waals surface area contributed by atoms with Gasteiger partial charge in [0.25, 0.3) is 0 Å². The van der Waals surface area contributed by atoms with E-state index >= 15 is 0 Å². The smallest absolute Gasteiger partial charge is 0.205 e. The Balaban J connectivity index is 1.91. The first-order valence-electron chi connectivity index (χ1n) is 5.90. The van der Waals surface area contributed by atoms with Crippen molar-refractivity contribution in [2.24, 2.45) is 0 Å². The van der Waals surface area contributed by atoms with Gasteiger partial charge in [0, 0.05) is 6.04 Å². The molecule has 0 bridgehead atoms. The molecule has 1 aromatic heterocycles. The summed E-state index contributed by atoms with van der Waals surface area (Å²) in [6.07, 6.45) is 1.95. The number of hydrogen-bond acceptors (Lipinski definition) is 4. The summed E-state index contributed by atoms with van der Waals surface area (Å²) in [5.41, 5.74) is 1.34. The summed E-state index contributed by atoms with van der Waals surface area (Å²) >= 11 is 1.64. The predicted octanol–water partition coefficient (Wildman–Crippen LogP) is 3.14. The molecule has 0 spiro atoms. The van der Waals surface area contributed by atoms with E-state index in [2.05, 4.69) is 53.6 Å². The van der Waals surface area contributed by atoms with Crippen molar-refractivity contribution in [2.75, 3.05) is 5.32 Å². The van der Waals surface area contributed by atoms with Crippen LogP contribution < -0.4 is 5.32 Å². The van der Waals surface area contributed by atoms with Crippen LogP contribution in [-0.4, -0.2) is 16.2 Å². The van der Waals surface area contributed by atoms with Crippen LogP contribution in [0, 0.1) is 0 Å². The van der Waals surface area contributed by atoms with Gasteiger partial charge >= 0.3 is 0 Å². The van der Waals surface area contributed by atoms with Crippen molar-refractivity contribution >= 4 is 16.5 Å². The number of nitrogens with zero attached hydrogens (tertiary/aromatic N) is 2. The molecule has 1 unspecified atom stereocenters. The monoisotopic (exact) mass is 247 g/mol. The lowest BCUT2D eigenvalue weighted by Crippen LogP contribution is -2.17. The minimum atomic E-state index is 0.370. The molecule has 0 aliphatic heterocycles. The van der Waals surface area contributed by atoms with Gasteiger partial charge < -0.3 is 5.32 Å². The van der Waals surface area contributed by atoms with E-state index in [1.165, 1.54) is 5.56 Å². The van der Waals surface area contributed by atoms with E-state index < -0.39 is 0 Å². The van der Waals surface area contributed by atoms with Gasteiger partial charge in [-0.05, 0) is 25.3 Å². The van der Waals surface area contributed by atoms with Crippen LogP contribution in [0.25, 0.3) is 0 Å². The molecule has 1 heterocycles. The van der Waals surface area contributed by atoms with Gasteiger partial charge in [0.2, 0.25) is 5.13 Å². The summed E-state index contributed by atoms with van der Waals surface area (Å²) in [5.74, 6) is 0. The SMILES string of the molecule is CCc1nnc(NC(C)Cc2ccccc2)s1. The maximum Gasteiger partial charge on any atom is 0.205 e. The van der Waals surface area contributed by atoms with Crippen molar-refractivity contribution in [2.45, 2.75) is 32.7 Å². The Bertz CT molecular complexity index is 453. The Hall–Kier alpha value is -1.42. The molecule has 0 amide bonds. The lowest BCUT2D eigenvalue weighted by molar-refractivity contribution is 0.785. The van der Waals surface area contributed by atoms with Crippen LogP contribution in [0.15, 0.2) is 30.3 Å². The molecule has 0 saturated heterocycles. The zero-order chi connectivity index (χ0) is 12.1. The molecule has 0 aliphatic carbocycles. The summed E-state index contributed by atoms with van der Waals surface area (Å²) in [4.78, 5) is 0. The predicted molar refractivity (Wildman–Crippen MR) is 72.5 cm³/mol. The number of aryl methyl sites for hydroxylation is 1. The van der Waals surface area contributed by atoms with Crippen LogP contribution in [0.3, 0.4) is 0 Å². The van der Waals surface area contributed by atoms with Crippen LogP contribution in [0.5, 0.6) is 0 Å². The van der Waals surface area contributed by atoms with Crippen LogP contribution in [0.4, 0.5) is 5.13 Å². The Morgan fingerprint density at radius 2 is 2.00 bits per heavy atom. The average Bonchev–Trinajstić information content (AvgIpc) is 2.78. The molecule has 2 aromatic rings. The normalized spacial score (nSPS) is 12.4. The highest BCUT2D eigenvalue weighted by atomic mass is 32.1. The quantitative estimate of drug-likeness (QED) is 0.882. The van der Waals surface area contributed by atoms with E-state index in [0.717, 1.165) is 23.0 Å². The third kappa shape index (κ3) is 3.53. The molecule has 0 radical (unpaired) electrons. The topological polar surface area (TPSA) is 37.8 Å². The number of aromatic nitrogens is 2. The van der Waals surface area contributed by atoms with Crippen molar-refractivity contribution in [1.82, 2.24) is 10.2 Å². The molecule has 0 aliphatic rings. The summed E-state index contributed by atoms with van der Waals surface area (Å²) in [6, 6.07) is 10.9. The van der Waals surface area contributed by atoms with Gasteiger partial charge in [-0.1, -0.05) is 48.6 Å². The van der Waals surface area contributed by atoms with Gasteiger partial charge in [-0.25, -0.2) is 0 Å². The second kappa shape index (κ2) is 5.77. The molecule has 1 atom stereocenters. The largest absolute Gasteiger partial charge is 0.357 e. The zero-order valence-corrected chi connectivity index (χ0v) is 11.0. The Morgan fingerprint density at radius 1 is 1.24 bits per heavy atom. The minimum absolute atomic E-state index is 0.370. The number of hydrogen-bond donors (Lipinski definition) is 1. The van der Waals surface area contributed by atoms with E-state index in [9.17, 15) is 0 Å². The van der Waals surface area contributed by atoms with Crippen LogP contribution >= 0.6 is 11.3 Å². The standard InChI is InChI=1S/C13H17N3S/c1-3-12-15-16-13(17-12)14-10(2)9-11-7-5-4-6-8-11/h4-8,10H,3,9H2,1-2H3,(H,14,16). The fourth-order valence-electron chi connectivity index (χ4n) is 1.68. The lowest BCUT2D eigenvalue weighted by Gasteiger charge is -2.12.